The van der Waals surface area contributed by atoms with Crippen LogP contribution in [0.25, 0.3) is 0 Å². The van der Waals surface area contributed by atoms with Crippen LogP contribution in [-0.4, -0.2) is 16.0 Å². The summed E-state index contributed by atoms with van der Waals surface area (Å²) in [6, 6.07) is 2.44. The quantitative estimate of drug-likeness (QED) is 0.803. The van der Waals surface area contributed by atoms with Crippen LogP contribution in [0.1, 0.15) is 38.8 Å². The highest BCUT2D eigenvalue weighted by molar-refractivity contribution is 5.41. The van der Waals surface area contributed by atoms with Crippen LogP contribution in [0.15, 0.2) is 6.07 Å². The molecule has 0 amide bonds. The number of aryl methyl sites for hydroxylation is 1. The van der Waals surface area contributed by atoms with Gasteiger partial charge in [-0.3, -0.25) is 0 Å². The zero-order valence-corrected chi connectivity index (χ0v) is 10.2. The van der Waals surface area contributed by atoms with Crippen molar-refractivity contribution in [2.24, 2.45) is 5.41 Å². The maximum absolute atomic E-state index is 5.64. The molecule has 4 heteroatoms. The van der Waals surface area contributed by atoms with E-state index in [9.17, 15) is 0 Å². The number of nitrogens with zero attached hydrogens (tertiary/aromatic N) is 2. The van der Waals surface area contributed by atoms with Crippen molar-refractivity contribution in [3.8, 4) is 0 Å². The second kappa shape index (κ2) is 3.92. The van der Waals surface area contributed by atoms with E-state index in [1.807, 2.05) is 13.0 Å². The molecule has 3 N–H and O–H groups in total. The topological polar surface area (TPSA) is 63.8 Å². The molecule has 1 aliphatic carbocycles. The monoisotopic (exact) mass is 220 g/mol. The first-order valence-electron chi connectivity index (χ1n) is 5.85. The van der Waals surface area contributed by atoms with E-state index in [0.717, 1.165) is 11.5 Å². The van der Waals surface area contributed by atoms with Crippen LogP contribution in [0.2, 0.25) is 0 Å². The van der Waals surface area contributed by atoms with Gasteiger partial charge in [0.25, 0.3) is 0 Å². The third-order valence-corrected chi connectivity index (χ3v) is 3.45. The summed E-state index contributed by atoms with van der Waals surface area (Å²) in [5, 5.41) is 3.48. The van der Waals surface area contributed by atoms with Crippen molar-refractivity contribution in [1.29, 1.82) is 0 Å². The summed E-state index contributed by atoms with van der Waals surface area (Å²) < 4.78 is 0. The lowest BCUT2D eigenvalue weighted by Gasteiger charge is -2.28. The molecule has 16 heavy (non-hydrogen) atoms. The molecule has 0 radical (unpaired) electrons. The Labute approximate surface area is 96.7 Å². The van der Waals surface area contributed by atoms with E-state index in [0.29, 0.717) is 17.4 Å². The van der Waals surface area contributed by atoms with Gasteiger partial charge in [-0.05, 0) is 25.2 Å². The molecular formula is C12H20N4. The molecule has 1 aliphatic rings. The van der Waals surface area contributed by atoms with Gasteiger partial charge in [0.1, 0.15) is 5.82 Å². The Bertz CT molecular complexity index is 366. The average molecular weight is 220 g/mol. The van der Waals surface area contributed by atoms with Crippen molar-refractivity contribution < 1.29 is 0 Å². The Balaban J connectivity index is 2.14. The Hall–Kier alpha value is -1.32. The molecule has 1 fully saturated rings. The van der Waals surface area contributed by atoms with Crippen molar-refractivity contribution in [1.82, 2.24) is 9.97 Å². The van der Waals surface area contributed by atoms with E-state index in [2.05, 4.69) is 29.1 Å². The molecule has 1 heterocycles. The minimum atomic E-state index is 0.341. The standard InChI is InChI=1S/C12H20N4/c1-8-7-10(16-11(13)14-8)15-9-5-4-6-12(9,2)3/h7,9H,4-6H2,1-3H3,(H3,13,14,15,16). The zero-order chi connectivity index (χ0) is 11.8. The SMILES string of the molecule is Cc1cc(NC2CCCC2(C)C)nc(N)n1. The number of anilines is 2. The van der Waals surface area contributed by atoms with Crippen LogP contribution in [0.4, 0.5) is 11.8 Å². The molecule has 1 aromatic heterocycles. The largest absolute Gasteiger partial charge is 0.368 e. The Morgan fingerprint density at radius 1 is 1.44 bits per heavy atom. The van der Waals surface area contributed by atoms with Crippen molar-refractivity contribution in [2.75, 3.05) is 11.1 Å². The van der Waals surface area contributed by atoms with Crippen LogP contribution in [0.5, 0.6) is 0 Å². The first-order chi connectivity index (χ1) is 7.47. The highest BCUT2D eigenvalue weighted by Gasteiger charge is 2.34. The van der Waals surface area contributed by atoms with Gasteiger partial charge in [-0.15, -0.1) is 0 Å². The summed E-state index contributed by atoms with van der Waals surface area (Å²) in [4.78, 5) is 8.29. The van der Waals surface area contributed by atoms with E-state index in [1.54, 1.807) is 0 Å². The van der Waals surface area contributed by atoms with Crippen LogP contribution in [-0.2, 0) is 0 Å². The molecule has 1 atom stereocenters. The fourth-order valence-corrected chi connectivity index (χ4v) is 2.44. The molecule has 0 aromatic carbocycles. The predicted octanol–water partition coefficient (Wildman–Crippen LogP) is 2.36. The maximum atomic E-state index is 5.64. The highest BCUT2D eigenvalue weighted by atomic mass is 15.1. The Kier molecular flexibility index (Phi) is 2.74. The molecule has 2 rings (SSSR count). The van der Waals surface area contributed by atoms with Crippen molar-refractivity contribution >= 4 is 11.8 Å². The number of nitrogen functional groups attached to an aromatic ring is 1. The number of hydrogen-bond donors (Lipinski definition) is 2. The number of nitrogens with two attached hydrogens (primary N) is 1. The molecule has 0 aliphatic heterocycles. The molecule has 1 saturated carbocycles. The lowest BCUT2D eigenvalue weighted by atomic mass is 9.87. The van der Waals surface area contributed by atoms with Crippen molar-refractivity contribution in [2.45, 2.75) is 46.1 Å². The predicted molar refractivity (Wildman–Crippen MR) is 66.2 cm³/mol. The van der Waals surface area contributed by atoms with Crippen molar-refractivity contribution in [3.05, 3.63) is 11.8 Å². The van der Waals surface area contributed by atoms with E-state index in [4.69, 9.17) is 5.73 Å². The molecule has 88 valence electrons. The Morgan fingerprint density at radius 2 is 2.19 bits per heavy atom. The van der Waals surface area contributed by atoms with E-state index < -0.39 is 0 Å². The van der Waals surface area contributed by atoms with Gasteiger partial charge in [0.2, 0.25) is 5.95 Å². The second-order valence-corrected chi connectivity index (χ2v) is 5.33. The summed E-state index contributed by atoms with van der Waals surface area (Å²) in [7, 11) is 0. The summed E-state index contributed by atoms with van der Waals surface area (Å²) in [5.41, 5.74) is 6.89. The van der Waals surface area contributed by atoms with Gasteiger partial charge in [0, 0.05) is 17.8 Å². The molecule has 1 aromatic rings. The molecule has 1 unspecified atom stereocenters. The van der Waals surface area contributed by atoms with Gasteiger partial charge in [0.15, 0.2) is 0 Å². The van der Waals surface area contributed by atoms with Crippen LogP contribution >= 0.6 is 0 Å². The maximum Gasteiger partial charge on any atom is 0.222 e. The van der Waals surface area contributed by atoms with Gasteiger partial charge in [-0.25, -0.2) is 4.98 Å². The minimum Gasteiger partial charge on any atom is -0.368 e. The number of hydrogen-bond acceptors (Lipinski definition) is 4. The summed E-state index contributed by atoms with van der Waals surface area (Å²) in [5.74, 6) is 1.20. The third kappa shape index (κ3) is 2.26. The molecule has 4 nitrogen and oxygen atoms in total. The van der Waals surface area contributed by atoms with Gasteiger partial charge < -0.3 is 11.1 Å². The lowest BCUT2D eigenvalue weighted by Crippen LogP contribution is -2.31. The average Bonchev–Trinajstić information content (AvgIpc) is 2.44. The zero-order valence-electron chi connectivity index (χ0n) is 10.2. The first kappa shape index (κ1) is 11.2. The minimum absolute atomic E-state index is 0.341. The smallest absolute Gasteiger partial charge is 0.222 e. The van der Waals surface area contributed by atoms with E-state index in [1.165, 1.54) is 19.3 Å². The molecule has 0 bridgehead atoms. The normalized spacial score (nSPS) is 23.3. The van der Waals surface area contributed by atoms with Gasteiger partial charge >= 0.3 is 0 Å². The van der Waals surface area contributed by atoms with Crippen LogP contribution in [0.3, 0.4) is 0 Å². The second-order valence-electron chi connectivity index (χ2n) is 5.33. The van der Waals surface area contributed by atoms with Gasteiger partial charge in [0.05, 0.1) is 0 Å². The van der Waals surface area contributed by atoms with Gasteiger partial charge in [-0.2, -0.15) is 4.98 Å². The number of rotatable bonds is 2. The first-order valence-corrected chi connectivity index (χ1v) is 5.85. The summed E-state index contributed by atoms with van der Waals surface area (Å²) >= 11 is 0. The van der Waals surface area contributed by atoms with E-state index in [-0.39, 0.29) is 0 Å². The van der Waals surface area contributed by atoms with Crippen molar-refractivity contribution in [3.63, 3.8) is 0 Å². The number of nitrogens with one attached hydrogen (secondary N) is 1. The molecular weight excluding hydrogens is 200 g/mol. The third-order valence-electron chi connectivity index (χ3n) is 3.45. The lowest BCUT2D eigenvalue weighted by molar-refractivity contribution is 0.349. The molecule has 0 saturated heterocycles. The fourth-order valence-electron chi connectivity index (χ4n) is 2.44. The fraction of sp³-hybridized carbons (Fsp3) is 0.667. The van der Waals surface area contributed by atoms with Crippen LogP contribution < -0.4 is 11.1 Å². The summed E-state index contributed by atoms with van der Waals surface area (Å²) in [6.45, 7) is 6.53. The van der Waals surface area contributed by atoms with Crippen LogP contribution in [0, 0.1) is 12.3 Å². The number of aromatic nitrogens is 2. The van der Waals surface area contributed by atoms with Gasteiger partial charge in [-0.1, -0.05) is 20.3 Å². The highest BCUT2D eigenvalue weighted by Crippen LogP contribution is 2.38. The Morgan fingerprint density at radius 3 is 2.75 bits per heavy atom. The van der Waals surface area contributed by atoms with E-state index >= 15 is 0 Å². The summed E-state index contributed by atoms with van der Waals surface area (Å²) in [6.07, 6.45) is 3.75. The molecule has 0 spiro atoms.